The summed E-state index contributed by atoms with van der Waals surface area (Å²) < 4.78 is 1.63. The minimum Gasteiger partial charge on any atom is -0.309 e. The Kier molecular flexibility index (Phi) is 5.87. The summed E-state index contributed by atoms with van der Waals surface area (Å²) in [6.45, 7) is 4.16. The second kappa shape index (κ2) is 8.89. The van der Waals surface area contributed by atoms with Crippen LogP contribution in [-0.4, -0.2) is 80.2 Å². The van der Waals surface area contributed by atoms with Gasteiger partial charge >= 0.3 is 0 Å². The SMILES string of the molecule is CN1CCCN(CC(=O)Nc2cc(-n3cccn3)nc(-c3ccccn3)n2)CC1. The predicted octanol–water partition coefficient (Wildman–Crippen LogP) is 1.30. The maximum Gasteiger partial charge on any atom is 0.239 e. The number of nitrogens with one attached hydrogen (secondary N) is 1. The Balaban J connectivity index is 1.54. The number of likely N-dealkylation sites (N-methyl/N-ethyl adjacent to an activating group) is 1. The molecule has 0 atom stereocenters. The number of amides is 1. The Hall–Kier alpha value is -3.17. The zero-order valence-electron chi connectivity index (χ0n) is 16.4. The summed E-state index contributed by atoms with van der Waals surface area (Å²) in [6.07, 6.45) is 6.22. The average molecular weight is 392 g/mol. The minimum absolute atomic E-state index is 0.0911. The van der Waals surface area contributed by atoms with Crippen LogP contribution in [0, 0.1) is 0 Å². The Bertz CT molecular complexity index is 944. The first-order valence-corrected chi connectivity index (χ1v) is 9.68. The molecule has 0 saturated carbocycles. The van der Waals surface area contributed by atoms with Crippen molar-refractivity contribution in [3.8, 4) is 17.3 Å². The zero-order valence-corrected chi connectivity index (χ0v) is 16.4. The normalized spacial score (nSPS) is 15.8. The molecule has 0 unspecified atom stereocenters. The molecule has 0 spiro atoms. The van der Waals surface area contributed by atoms with Gasteiger partial charge in [-0.3, -0.25) is 14.7 Å². The Morgan fingerprint density at radius 2 is 2.03 bits per heavy atom. The van der Waals surface area contributed by atoms with E-state index in [0.717, 1.165) is 32.6 Å². The molecule has 0 aromatic carbocycles. The lowest BCUT2D eigenvalue weighted by atomic mass is 10.3. The number of aromatic nitrogens is 5. The van der Waals surface area contributed by atoms with Crippen LogP contribution in [0.2, 0.25) is 0 Å². The molecule has 4 heterocycles. The van der Waals surface area contributed by atoms with Gasteiger partial charge in [0.1, 0.15) is 11.5 Å². The first-order chi connectivity index (χ1) is 14.2. The molecule has 0 bridgehead atoms. The summed E-state index contributed by atoms with van der Waals surface area (Å²) in [4.78, 5) is 30.5. The summed E-state index contributed by atoms with van der Waals surface area (Å²) in [5, 5.41) is 7.15. The van der Waals surface area contributed by atoms with Crippen LogP contribution in [0.1, 0.15) is 6.42 Å². The second-order valence-electron chi connectivity index (χ2n) is 7.08. The topological polar surface area (TPSA) is 92.1 Å². The molecule has 1 aliphatic heterocycles. The van der Waals surface area contributed by atoms with Crippen LogP contribution in [0.3, 0.4) is 0 Å². The Labute approximate surface area is 169 Å². The van der Waals surface area contributed by atoms with Crippen LogP contribution < -0.4 is 5.32 Å². The summed E-state index contributed by atoms with van der Waals surface area (Å²) in [5.41, 5.74) is 0.632. The molecule has 4 rings (SSSR count). The molecular formula is C20H24N8O. The van der Waals surface area contributed by atoms with E-state index < -0.39 is 0 Å². The lowest BCUT2D eigenvalue weighted by molar-refractivity contribution is -0.117. The number of hydrogen-bond donors (Lipinski definition) is 1. The van der Waals surface area contributed by atoms with E-state index in [1.165, 1.54) is 0 Å². The fraction of sp³-hybridized carbons (Fsp3) is 0.350. The molecule has 9 heteroatoms. The van der Waals surface area contributed by atoms with Crippen molar-refractivity contribution in [2.75, 3.05) is 45.1 Å². The molecule has 1 aliphatic rings. The van der Waals surface area contributed by atoms with Crippen molar-refractivity contribution in [3.05, 3.63) is 48.9 Å². The van der Waals surface area contributed by atoms with E-state index >= 15 is 0 Å². The van der Waals surface area contributed by atoms with Crippen LogP contribution in [0.5, 0.6) is 0 Å². The number of nitrogens with zero attached hydrogens (tertiary/aromatic N) is 7. The van der Waals surface area contributed by atoms with Crippen molar-refractivity contribution >= 4 is 11.7 Å². The zero-order chi connectivity index (χ0) is 20.1. The highest BCUT2D eigenvalue weighted by Crippen LogP contribution is 2.18. The van der Waals surface area contributed by atoms with Crippen molar-refractivity contribution in [2.45, 2.75) is 6.42 Å². The van der Waals surface area contributed by atoms with Gasteiger partial charge in [-0.15, -0.1) is 0 Å². The fourth-order valence-corrected chi connectivity index (χ4v) is 3.27. The van der Waals surface area contributed by atoms with Crippen molar-refractivity contribution in [2.24, 2.45) is 0 Å². The van der Waals surface area contributed by atoms with Crippen molar-refractivity contribution in [1.29, 1.82) is 0 Å². The molecule has 29 heavy (non-hydrogen) atoms. The van der Waals surface area contributed by atoms with E-state index in [-0.39, 0.29) is 5.91 Å². The maximum absolute atomic E-state index is 12.7. The van der Waals surface area contributed by atoms with Gasteiger partial charge in [-0.1, -0.05) is 6.07 Å². The quantitative estimate of drug-likeness (QED) is 0.700. The number of carbonyl (C=O) groups is 1. The van der Waals surface area contributed by atoms with Crippen molar-refractivity contribution < 1.29 is 4.79 Å². The highest BCUT2D eigenvalue weighted by molar-refractivity contribution is 5.91. The number of hydrogen-bond acceptors (Lipinski definition) is 7. The van der Waals surface area contributed by atoms with Crippen LogP contribution >= 0.6 is 0 Å². The number of carbonyl (C=O) groups excluding carboxylic acids is 1. The van der Waals surface area contributed by atoms with Gasteiger partial charge in [-0.05, 0) is 44.8 Å². The molecule has 1 amide bonds. The van der Waals surface area contributed by atoms with Crippen molar-refractivity contribution in [1.82, 2.24) is 34.5 Å². The predicted molar refractivity (Wildman–Crippen MR) is 110 cm³/mol. The van der Waals surface area contributed by atoms with Gasteiger partial charge in [-0.2, -0.15) is 5.10 Å². The van der Waals surface area contributed by atoms with Gasteiger partial charge < -0.3 is 10.2 Å². The molecule has 0 radical (unpaired) electrons. The minimum atomic E-state index is -0.0911. The first kappa shape index (κ1) is 19.2. The molecule has 0 aliphatic carbocycles. The van der Waals surface area contributed by atoms with E-state index in [4.69, 9.17) is 0 Å². The third kappa shape index (κ3) is 5.01. The van der Waals surface area contributed by atoms with Gasteiger partial charge in [0, 0.05) is 37.7 Å². The summed E-state index contributed by atoms with van der Waals surface area (Å²) in [7, 11) is 2.11. The monoisotopic (exact) mass is 392 g/mol. The Morgan fingerprint density at radius 1 is 1.10 bits per heavy atom. The van der Waals surface area contributed by atoms with Crippen LogP contribution in [0.15, 0.2) is 48.9 Å². The van der Waals surface area contributed by atoms with Gasteiger partial charge in [-0.25, -0.2) is 14.6 Å². The van der Waals surface area contributed by atoms with Crippen LogP contribution in [0.4, 0.5) is 5.82 Å². The number of rotatable bonds is 5. The van der Waals surface area contributed by atoms with Gasteiger partial charge in [0.2, 0.25) is 5.91 Å². The smallest absolute Gasteiger partial charge is 0.239 e. The molecule has 9 nitrogen and oxygen atoms in total. The summed E-state index contributed by atoms with van der Waals surface area (Å²) in [6, 6.07) is 9.08. The van der Waals surface area contributed by atoms with Gasteiger partial charge in [0.05, 0.1) is 6.54 Å². The highest BCUT2D eigenvalue weighted by Gasteiger charge is 2.17. The van der Waals surface area contributed by atoms with Gasteiger partial charge in [0.15, 0.2) is 11.6 Å². The van der Waals surface area contributed by atoms with E-state index in [0.29, 0.717) is 29.7 Å². The maximum atomic E-state index is 12.7. The molecule has 1 N–H and O–H groups in total. The molecule has 1 fully saturated rings. The van der Waals surface area contributed by atoms with E-state index in [2.05, 4.69) is 42.2 Å². The van der Waals surface area contributed by atoms with Crippen molar-refractivity contribution in [3.63, 3.8) is 0 Å². The van der Waals surface area contributed by atoms with E-state index in [1.807, 2.05) is 24.3 Å². The van der Waals surface area contributed by atoms with E-state index in [9.17, 15) is 4.79 Å². The molecule has 150 valence electrons. The number of pyridine rings is 1. The lowest BCUT2D eigenvalue weighted by Gasteiger charge is -2.19. The lowest BCUT2D eigenvalue weighted by Crippen LogP contribution is -2.36. The molecule has 3 aromatic rings. The largest absolute Gasteiger partial charge is 0.309 e. The van der Waals surface area contributed by atoms with Gasteiger partial charge in [0.25, 0.3) is 0 Å². The fourth-order valence-electron chi connectivity index (χ4n) is 3.27. The summed E-state index contributed by atoms with van der Waals surface area (Å²) >= 11 is 0. The number of anilines is 1. The Morgan fingerprint density at radius 3 is 2.83 bits per heavy atom. The highest BCUT2D eigenvalue weighted by atomic mass is 16.2. The molecule has 1 saturated heterocycles. The van der Waals surface area contributed by atoms with Crippen LogP contribution in [0.25, 0.3) is 17.3 Å². The molecule has 3 aromatic heterocycles. The van der Waals surface area contributed by atoms with E-state index in [1.54, 1.807) is 29.3 Å². The average Bonchev–Trinajstić information content (AvgIpc) is 3.20. The van der Waals surface area contributed by atoms with Crippen LogP contribution in [-0.2, 0) is 4.79 Å². The second-order valence-corrected chi connectivity index (χ2v) is 7.08. The first-order valence-electron chi connectivity index (χ1n) is 9.68. The molecular weight excluding hydrogens is 368 g/mol. The summed E-state index contributed by atoms with van der Waals surface area (Å²) in [5.74, 6) is 1.34. The third-order valence-corrected chi connectivity index (χ3v) is 4.79. The third-order valence-electron chi connectivity index (χ3n) is 4.79. The standard InChI is InChI=1S/C20H24N8O/c1-26-9-5-10-27(13-12-26)15-19(29)23-17-14-18(28-11-4-8-22-28)25-20(24-17)16-6-2-3-7-21-16/h2-4,6-8,11,14H,5,9-10,12-13,15H2,1H3,(H,23,24,25,29).